The Balaban J connectivity index is 2.63. The van der Waals surface area contributed by atoms with Crippen LogP contribution in [0.15, 0.2) is 0 Å². The van der Waals surface area contributed by atoms with Crippen LogP contribution in [-0.4, -0.2) is 56.0 Å². The summed E-state index contributed by atoms with van der Waals surface area (Å²) < 4.78 is 23.9. The zero-order valence-corrected chi connectivity index (χ0v) is 13.8. The van der Waals surface area contributed by atoms with Crippen LogP contribution in [0.25, 0.3) is 0 Å². The summed E-state index contributed by atoms with van der Waals surface area (Å²) in [5.74, 6) is 0.856. The lowest BCUT2D eigenvalue weighted by atomic mass is 10.0. The second-order valence-electron chi connectivity index (χ2n) is 6.35. The molecule has 0 radical (unpaired) electrons. The quantitative estimate of drug-likeness (QED) is 0.834. The summed E-state index contributed by atoms with van der Waals surface area (Å²) in [6.45, 7) is 12.8. The van der Waals surface area contributed by atoms with E-state index in [1.54, 1.807) is 13.8 Å². The largest absolute Gasteiger partial charge is 0.312 e. The lowest BCUT2D eigenvalue weighted by Gasteiger charge is -2.30. The van der Waals surface area contributed by atoms with Crippen molar-refractivity contribution >= 4 is 9.84 Å². The summed E-state index contributed by atoms with van der Waals surface area (Å²) in [6, 6.07) is 0.922. The molecule has 2 atom stereocenters. The van der Waals surface area contributed by atoms with Gasteiger partial charge in [-0.05, 0) is 39.7 Å². The minimum atomic E-state index is -2.93. The average Bonchev–Trinajstić information content (AvgIpc) is 2.48. The molecular weight excluding hydrogens is 260 g/mol. The van der Waals surface area contributed by atoms with Gasteiger partial charge in [0.25, 0.3) is 0 Å². The Kier molecular flexibility index (Phi) is 6.27. The predicted molar refractivity (Wildman–Crippen MR) is 81.2 cm³/mol. The fraction of sp³-hybridized carbons (Fsp3) is 1.00. The number of nitrogens with one attached hydrogen (secondary N) is 1. The van der Waals surface area contributed by atoms with Crippen molar-refractivity contribution in [3.8, 4) is 0 Å². The first-order chi connectivity index (χ1) is 8.74. The van der Waals surface area contributed by atoms with Crippen LogP contribution in [0.3, 0.4) is 0 Å². The van der Waals surface area contributed by atoms with Gasteiger partial charge in [0.05, 0.1) is 11.0 Å². The molecule has 1 heterocycles. The molecule has 0 saturated carbocycles. The molecule has 4 nitrogen and oxygen atoms in total. The van der Waals surface area contributed by atoms with Crippen molar-refractivity contribution in [1.29, 1.82) is 0 Å². The van der Waals surface area contributed by atoms with Gasteiger partial charge >= 0.3 is 0 Å². The molecule has 1 saturated heterocycles. The molecule has 0 aliphatic carbocycles. The van der Waals surface area contributed by atoms with Crippen LogP contribution >= 0.6 is 0 Å². The first-order valence-electron chi connectivity index (χ1n) is 7.43. The van der Waals surface area contributed by atoms with E-state index < -0.39 is 9.84 Å². The average molecular weight is 290 g/mol. The van der Waals surface area contributed by atoms with Gasteiger partial charge in [-0.2, -0.15) is 0 Å². The second-order valence-corrected chi connectivity index (χ2v) is 9.03. The van der Waals surface area contributed by atoms with Gasteiger partial charge < -0.3 is 5.32 Å². The molecule has 2 unspecified atom stereocenters. The molecule has 1 aliphatic rings. The minimum Gasteiger partial charge on any atom is -0.312 e. The van der Waals surface area contributed by atoms with Crippen molar-refractivity contribution in [2.75, 3.05) is 25.4 Å². The van der Waals surface area contributed by atoms with E-state index >= 15 is 0 Å². The zero-order chi connectivity index (χ0) is 14.6. The standard InChI is InChI=1S/C14H30N2O2S/c1-11(2)14-10-16(13(5)6-7-15-14)8-9-19(17,18)12(3)4/h11-15H,6-10H2,1-5H3. The van der Waals surface area contributed by atoms with E-state index in [0.29, 0.717) is 24.5 Å². The first-order valence-corrected chi connectivity index (χ1v) is 9.14. The van der Waals surface area contributed by atoms with Gasteiger partial charge in [0.2, 0.25) is 0 Å². The Morgan fingerprint density at radius 1 is 1.26 bits per heavy atom. The Morgan fingerprint density at radius 3 is 2.42 bits per heavy atom. The Labute approximate surface area is 118 Å². The molecule has 0 amide bonds. The number of sulfone groups is 1. The van der Waals surface area contributed by atoms with Crippen LogP contribution in [0.4, 0.5) is 0 Å². The Bertz CT molecular complexity index is 366. The van der Waals surface area contributed by atoms with Gasteiger partial charge in [-0.3, -0.25) is 4.90 Å². The monoisotopic (exact) mass is 290 g/mol. The fourth-order valence-corrected chi connectivity index (χ4v) is 3.36. The maximum Gasteiger partial charge on any atom is 0.153 e. The van der Waals surface area contributed by atoms with Gasteiger partial charge in [0.1, 0.15) is 0 Å². The van der Waals surface area contributed by atoms with Crippen molar-refractivity contribution in [2.45, 2.75) is 58.4 Å². The summed E-state index contributed by atoms with van der Waals surface area (Å²) in [5.41, 5.74) is 0. The highest BCUT2D eigenvalue weighted by Gasteiger charge is 2.26. The van der Waals surface area contributed by atoms with Gasteiger partial charge in [-0.25, -0.2) is 8.42 Å². The van der Waals surface area contributed by atoms with E-state index in [1.807, 2.05) is 0 Å². The van der Waals surface area contributed by atoms with E-state index in [9.17, 15) is 8.42 Å². The second kappa shape index (κ2) is 7.04. The van der Waals surface area contributed by atoms with Gasteiger partial charge in [0.15, 0.2) is 9.84 Å². The fourth-order valence-electron chi connectivity index (χ4n) is 2.40. The van der Waals surface area contributed by atoms with Crippen LogP contribution in [0.5, 0.6) is 0 Å². The summed E-state index contributed by atoms with van der Waals surface area (Å²) in [6.07, 6.45) is 1.09. The molecule has 0 bridgehead atoms. The zero-order valence-electron chi connectivity index (χ0n) is 13.0. The summed E-state index contributed by atoms with van der Waals surface area (Å²) in [4.78, 5) is 2.34. The molecule has 1 aliphatic heterocycles. The summed E-state index contributed by atoms with van der Waals surface area (Å²) in [5, 5.41) is 3.30. The number of nitrogens with zero attached hydrogens (tertiary/aromatic N) is 1. The molecule has 0 aromatic rings. The third-order valence-electron chi connectivity index (χ3n) is 4.21. The summed E-state index contributed by atoms with van der Waals surface area (Å²) in [7, 11) is -2.93. The molecule has 1 N–H and O–H groups in total. The topological polar surface area (TPSA) is 49.4 Å². The Morgan fingerprint density at radius 2 is 1.89 bits per heavy atom. The van der Waals surface area contributed by atoms with E-state index in [-0.39, 0.29) is 11.0 Å². The third-order valence-corrected chi connectivity index (χ3v) is 6.40. The smallest absolute Gasteiger partial charge is 0.153 e. The number of hydrogen-bond acceptors (Lipinski definition) is 4. The van der Waals surface area contributed by atoms with E-state index in [2.05, 4.69) is 31.0 Å². The highest BCUT2D eigenvalue weighted by molar-refractivity contribution is 7.92. The maximum absolute atomic E-state index is 11.9. The van der Waals surface area contributed by atoms with Crippen molar-refractivity contribution < 1.29 is 8.42 Å². The van der Waals surface area contributed by atoms with E-state index in [0.717, 1.165) is 19.5 Å². The lowest BCUT2D eigenvalue weighted by molar-refractivity contribution is 0.203. The van der Waals surface area contributed by atoms with Crippen molar-refractivity contribution in [3.05, 3.63) is 0 Å². The van der Waals surface area contributed by atoms with Crippen molar-refractivity contribution in [2.24, 2.45) is 5.92 Å². The number of rotatable bonds is 5. The van der Waals surface area contributed by atoms with Crippen LogP contribution in [-0.2, 0) is 9.84 Å². The molecular formula is C14H30N2O2S. The maximum atomic E-state index is 11.9. The number of hydrogen-bond donors (Lipinski definition) is 1. The Hall–Kier alpha value is -0.130. The van der Waals surface area contributed by atoms with Crippen LogP contribution < -0.4 is 5.32 Å². The third kappa shape index (κ3) is 5.04. The van der Waals surface area contributed by atoms with E-state index in [1.165, 1.54) is 0 Å². The van der Waals surface area contributed by atoms with Gasteiger partial charge in [-0.15, -0.1) is 0 Å². The van der Waals surface area contributed by atoms with Crippen LogP contribution in [0.1, 0.15) is 41.0 Å². The highest BCUT2D eigenvalue weighted by Crippen LogP contribution is 2.14. The van der Waals surface area contributed by atoms with Crippen LogP contribution in [0, 0.1) is 5.92 Å². The van der Waals surface area contributed by atoms with Gasteiger partial charge in [-0.1, -0.05) is 13.8 Å². The van der Waals surface area contributed by atoms with E-state index in [4.69, 9.17) is 0 Å². The first kappa shape index (κ1) is 16.9. The molecule has 5 heteroatoms. The summed E-state index contributed by atoms with van der Waals surface area (Å²) >= 11 is 0. The SMILES string of the molecule is CC(C)C1CN(CCS(=O)(=O)C(C)C)C(C)CCN1. The molecule has 1 fully saturated rings. The molecule has 1 rings (SSSR count). The highest BCUT2D eigenvalue weighted by atomic mass is 32.2. The molecule has 0 aromatic carbocycles. The molecule has 0 spiro atoms. The van der Waals surface area contributed by atoms with Crippen molar-refractivity contribution in [3.63, 3.8) is 0 Å². The van der Waals surface area contributed by atoms with Gasteiger partial charge in [0, 0.05) is 25.2 Å². The minimum absolute atomic E-state index is 0.270. The molecule has 0 aromatic heterocycles. The lowest BCUT2D eigenvalue weighted by Crippen LogP contribution is -2.44. The van der Waals surface area contributed by atoms with Crippen LogP contribution in [0.2, 0.25) is 0 Å². The van der Waals surface area contributed by atoms with Crippen molar-refractivity contribution in [1.82, 2.24) is 10.2 Å². The predicted octanol–water partition coefficient (Wildman–Crippen LogP) is 1.52. The normalized spacial score (nSPS) is 26.9. The molecule has 19 heavy (non-hydrogen) atoms. The molecule has 114 valence electrons.